The highest BCUT2D eigenvalue weighted by Gasteiger charge is 2.21. The van der Waals surface area contributed by atoms with Crippen LogP contribution in [0.15, 0.2) is 36.5 Å². The van der Waals surface area contributed by atoms with Crippen molar-refractivity contribution in [3.8, 4) is 0 Å². The Morgan fingerprint density at radius 3 is 2.65 bits per heavy atom. The maximum Gasteiger partial charge on any atom is 0.264 e. The predicted octanol–water partition coefficient (Wildman–Crippen LogP) is 2.77. The summed E-state index contributed by atoms with van der Waals surface area (Å²) >= 11 is 0. The summed E-state index contributed by atoms with van der Waals surface area (Å²) in [4.78, 5) is 11.6. The fraction of sp³-hybridized carbons (Fsp3) is 0.444. The van der Waals surface area contributed by atoms with Crippen LogP contribution in [-0.4, -0.2) is 46.2 Å². The average Bonchev–Trinajstić information content (AvgIpc) is 2.99. The fourth-order valence-electron chi connectivity index (χ4n) is 3.72. The summed E-state index contributed by atoms with van der Waals surface area (Å²) in [6, 6.07) is 10.0. The van der Waals surface area contributed by atoms with Gasteiger partial charge in [-0.3, -0.25) is 8.95 Å². The van der Waals surface area contributed by atoms with E-state index in [2.05, 4.69) is 9.88 Å². The smallest absolute Gasteiger partial charge is 0.264 e. The second kappa shape index (κ2) is 6.85. The second-order valence-electron chi connectivity index (χ2n) is 6.91. The molecule has 0 amide bonds. The molecule has 0 aliphatic carbocycles. The lowest BCUT2D eigenvalue weighted by molar-refractivity contribution is 0.375. The number of nitrogens with zero attached hydrogens (tertiary/aromatic N) is 4. The molecule has 4 rings (SSSR count). The first-order chi connectivity index (χ1) is 12.5. The fourth-order valence-corrected chi connectivity index (χ4v) is 4.25. The first kappa shape index (κ1) is 17.2. The van der Waals surface area contributed by atoms with Crippen molar-refractivity contribution in [1.29, 1.82) is 0 Å². The highest BCUT2D eigenvalue weighted by atomic mass is 32.2. The van der Waals surface area contributed by atoms with E-state index in [1.807, 2.05) is 40.9 Å². The molecule has 0 radical (unpaired) electrons. The van der Waals surface area contributed by atoms with Gasteiger partial charge in [-0.15, -0.1) is 0 Å². The number of anilines is 1. The Morgan fingerprint density at radius 2 is 1.88 bits per heavy atom. The van der Waals surface area contributed by atoms with E-state index in [4.69, 9.17) is 9.54 Å². The zero-order valence-corrected chi connectivity index (χ0v) is 15.3. The second-order valence-corrected chi connectivity index (χ2v) is 8.49. The Hall–Kier alpha value is -2.19. The van der Waals surface area contributed by atoms with Crippen LogP contribution in [0, 0.1) is 5.92 Å². The third-order valence-electron chi connectivity index (χ3n) is 5.12. The largest absolute Gasteiger partial charge is 0.356 e. The molecule has 8 heteroatoms. The molecule has 0 atom stereocenters. The summed E-state index contributed by atoms with van der Waals surface area (Å²) < 4.78 is 32.5. The van der Waals surface area contributed by atoms with E-state index < -0.39 is 10.1 Å². The van der Waals surface area contributed by atoms with E-state index >= 15 is 0 Å². The third-order valence-corrected chi connectivity index (χ3v) is 5.92. The molecule has 1 aromatic carbocycles. The van der Waals surface area contributed by atoms with Gasteiger partial charge in [0.05, 0.1) is 16.8 Å². The lowest BCUT2D eigenvalue weighted by atomic mass is 9.92. The maximum absolute atomic E-state index is 10.8. The van der Waals surface area contributed by atoms with Gasteiger partial charge < -0.3 is 4.90 Å². The highest BCUT2D eigenvalue weighted by molar-refractivity contribution is 7.85. The molecular weight excluding hydrogens is 352 g/mol. The summed E-state index contributed by atoms with van der Waals surface area (Å²) in [5.74, 6) is 2.01. The minimum Gasteiger partial charge on any atom is -0.356 e. The lowest BCUT2D eigenvalue weighted by Gasteiger charge is -2.32. The van der Waals surface area contributed by atoms with Crippen molar-refractivity contribution in [3.63, 3.8) is 0 Å². The number of aromatic nitrogens is 3. The van der Waals surface area contributed by atoms with Crippen molar-refractivity contribution in [2.45, 2.75) is 25.7 Å². The van der Waals surface area contributed by atoms with E-state index in [0.717, 1.165) is 49.2 Å². The SMILES string of the molecule is O=S(=O)(O)CCCC1CCN(c2ccn3c(n2)nc2ccccc23)CC1. The third kappa shape index (κ3) is 3.66. The first-order valence-corrected chi connectivity index (χ1v) is 10.5. The summed E-state index contributed by atoms with van der Waals surface area (Å²) in [5, 5.41) is 0. The van der Waals surface area contributed by atoms with Crippen molar-refractivity contribution < 1.29 is 13.0 Å². The van der Waals surface area contributed by atoms with Crippen LogP contribution < -0.4 is 4.90 Å². The van der Waals surface area contributed by atoms with Gasteiger partial charge in [0.15, 0.2) is 0 Å². The molecule has 7 nitrogen and oxygen atoms in total. The number of rotatable bonds is 5. The average molecular weight is 374 g/mol. The quantitative estimate of drug-likeness (QED) is 0.691. The van der Waals surface area contributed by atoms with Gasteiger partial charge in [-0.05, 0) is 49.8 Å². The Labute approximate surface area is 152 Å². The maximum atomic E-state index is 10.8. The van der Waals surface area contributed by atoms with Crippen LogP contribution in [0.25, 0.3) is 16.8 Å². The van der Waals surface area contributed by atoms with Gasteiger partial charge in [-0.2, -0.15) is 13.4 Å². The standard InChI is InChI=1S/C18H22N4O3S/c23-26(24,25)13-3-4-14-7-10-21(11-8-14)17-9-12-22-16-6-2-1-5-15(16)19-18(22)20-17/h1-2,5-6,9,12,14H,3-4,7-8,10-11,13H2,(H,23,24,25). The topological polar surface area (TPSA) is 87.8 Å². The van der Waals surface area contributed by atoms with Gasteiger partial charge in [0, 0.05) is 19.3 Å². The van der Waals surface area contributed by atoms with Crippen molar-refractivity contribution in [2.75, 3.05) is 23.7 Å². The molecule has 1 fully saturated rings. The Morgan fingerprint density at radius 1 is 1.12 bits per heavy atom. The first-order valence-electron chi connectivity index (χ1n) is 8.93. The molecule has 26 heavy (non-hydrogen) atoms. The van der Waals surface area contributed by atoms with Crippen LogP contribution in [0.1, 0.15) is 25.7 Å². The summed E-state index contributed by atoms with van der Waals surface area (Å²) in [6.07, 6.45) is 5.40. The zero-order valence-electron chi connectivity index (χ0n) is 14.5. The molecule has 1 aliphatic rings. The minimum atomic E-state index is -3.84. The number of hydrogen-bond donors (Lipinski definition) is 1. The van der Waals surface area contributed by atoms with Crippen molar-refractivity contribution >= 4 is 32.7 Å². The van der Waals surface area contributed by atoms with Gasteiger partial charge in [0.25, 0.3) is 10.1 Å². The number of para-hydroxylation sites is 2. The van der Waals surface area contributed by atoms with Crippen molar-refractivity contribution in [3.05, 3.63) is 36.5 Å². The van der Waals surface area contributed by atoms with E-state index in [0.29, 0.717) is 18.1 Å². The summed E-state index contributed by atoms with van der Waals surface area (Å²) in [5.41, 5.74) is 1.99. The van der Waals surface area contributed by atoms with Crippen molar-refractivity contribution in [1.82, 2.24) is 14.4 Å². The minimum absolute atomic E-state index is 0.140. The molecule has 0 unspecified atom stereocenters. The van der Waals surface area contributed by atoms with E-state index in [9.17, 15) is 8.42 Å². The molecule has 3 aromatic rings. The van der Waals surface area contributed by atoms with Gasteiger partial charge in [0.2, 0.25) is 5.78 Å². The molecule has 0 spiro atoms. The van der Waals surface area contributed by atoms with Gasteiger partial charge in [-0.25, -0.2) is 4.98 Å². The van der Waals surface area contributed by atoms with Crippen LogP contribution in [0.5, 0.6) is 0 Å². The Bertz CT molecular complexity index is 1020. The molecule has 1 N–H and O–H groups in total. The number of benzene rings is 1. The van der Waals surface area contributed by atoms with Crippen molar-refractivity contribution in [2.24, 2.45) is 5.92 Å². The van der Waals surface area contributed by atoms with Gasteiger partial charge in [-0.1, -0.05) is 12.1 Å². The lowest BCUT2D eigenvalue weighted by Crippen LogP contribution is -2.34. The molecule has 3 heterocycles. The number of hydrogen-bond acceptors (Lipinski definition) is 5. The predicted molar refractivity (Wildman–Crippen MR) is 101 cm³/mol. The molecule has 1 saturated heterocycles. The molecular formula is C18H22N4O3S. The Balaban J connectivity index is 1.42. The Kier molecular flexibility index (Phi) is 4.54. The molecule has 0 bridgehead atoms. The summed E-state index contributed by atoms with van der Waals surface area (Å²) in [7, 11) is -3.84. The molecule has 2 aromatic heterocycles. The van der Waals surface area contributed by atoms with Gasteiger partial charge >= 0.3 is 0 Å². The van der Waals surface area contributed by atoms with E-state index in [-0.39, 0.29) is 5.75 Å². The molecule has 1 aliphatic heterocycles. The highest BCUT2D eigenvalue weighted by Crippen LogP contribution is 2.26. The summed E-state index contributed by atoms with van der Waals surface area (Å²) in [6.45, 7) is 1.81. The number of imidazole rings is 1. The van der Waals surface area contributed by atoms with Crippen LogP contribution in [0.2, 0.25) is 0 Å². The normalized spacial score (nSPS) is 16.6. The van der Waals surface area contributed by atoms with Crippen LogP contribution in [0.3, 0.4) is 0 Å². The van der Waals surface area contributed by atoms with Gasteiger partial charge in [0.1, 0.15) is 5.82 Å². The molecule has 138 valence electrons. The monoisotopic (exact) mass is 374 g/mol. The van der Waals surface area contributed by atoms with Crippen LogP contribution in [-0.2, 0) is 10.1 Å². The number of fused-ring (bicyclic) bond motifs is 3. The van der Waals surface area contributed by atoms with Crippen LogP contribution >= 0.6 is 0 Å². The van der Waals surface area contributed by atoms with E-state index in [1.165, 1.54) is 0 Å². The number of piperidine rings is 1. The molecule has 0 saturated carbocycles. The zero-order chi connectivity index (χ0) is 18.1. The van der Waals surface area contributed by atoms with E-state index in [1.54, 1.807) is 0 Å². The van der Waals surface area contributed by atoms with Crippen LogP contribution in [0.4, 0.5) is 5.82 Å².